The maximum atomic E-state index is 3.36. The number of hydrogen-bond donors (Lipinski definition) is 0. The molecule has 0 aliphatic heterocycles. The van der Waals surface area contributed by atoms with Crippen LogP contribution in [0.15, 0.2) is 55.1 Å². The molecule has 1 aromatic rings. The summed E-state index contributed by atoms with van der Waals surface area (Å²) in [5.41, 5.74) is 5.38. The molecule has 0 heterocycles. The Morgan fingerprint density at radius 2 is 1.67 bits per heavy atom. The van der Waals surface area contributed by atoms with E-state index in [9.17, 15) is 0 Å². The van der Waals surface area contributed by atoms with E-state index in [1.807, 2.05) is 0 Å². The molecule has 2 heteroatoms. The van der Waals surface area contributed by atoms with Gasteiger partial charge in [-0.15, -0.1) is 0 Å². The Morgan fingerprint density at radius 3 is 2.17 bits per heavy atom. The van der Waals surface area contributed by atoms with Crippen LogP contribution < -0.4 is 0 Å². The predicted molar refractivity (Wildman–Crippen MR) is 82.1 cm³/mol. The zero-order valence-electron chi connectivity index (χ0n) is 11.6. The van der Waals surface area contributed by atoms with Crippen molar-refractivity contribution in [3.63, 3.8) is 0 Å². The van der Waals surface area contributed by atoms with Gasteiger partial charge in [0, 0.05) is 8.80 Å². The monoisotopic (exact) mass is 290 g/mol. The molecule has 0 nitrogen and oxygen atoms in total. The maximum Gasteiger partial charge on any atom is 4.00 e. The summed E-state index contributed by atoms with van der Waals surface area (Å²) in [7, 11) is -0.586. The van der Waals surface area contributed by atoms with E-state index < -0.39 is 8.80 Å². The molecule has 0 saturated carbocycles. The van der Waals surface area contributed by atoms with Crippen LogP contribution in [0.25, 0.3) is 6.08 Å². The molecule has 0 N–H and O–H groups in total. The molecule has 1 unspecified atom stereocenters. The zero-order chi connectivity index (χ0) is 12.8. The van der Waals surface area contributed by atoms with Crippen LogP contribution >= 0.6 is 0 Å². The molecule has 2 rings (SSSR count). The normalized spacial score (nSPS) is 15.8. The Morgan fingerprint density at radius 1 is 1.11 bits per heavy atom. The molecule has 0 amide bonds. The van der Waals surface area contributed by atoms with Crippen LogP contribution in [0.1, 0.15) is 23.6 Å². The summed E-state index contributed by atoms with van der Waals surface area (Å²) < 4.78 is 0. The van der Waals surface area contributed by atoms with E-state index in [4.69, 9.17) is 0 Å². The van der Waals surface area contributed by atoms with E-state index in [1.54, 1.807) is 23.3 Å². The van der Waals surface area contributed by atoms with Crippen LogP contribution in [0.4, 0.5) is 0 Å². The molecule has 1 aliphatic carbocycles. The van der Waals surface area contributed by atoms with Crippen LogP contribution in [0.2, 0.25) is 13.1 Å². The Hall–Kier alpha value is -0.629. The SMILES string of the molecule is C=CC=C.CC1=Cc2ccccc2C1[SiH](C)C.[Ti+4]. The van der Waals surface area contributed by atoms with Crippen molar-refractivity contribution in [1.29, 1.82) is 0 Å². The Balaban J connectivity index is 0.000000512. The molecule has 1 atom stereocenters. The minimum atomic E-state index is -0.586. The third kappa shape index (κ3) is 4.24. The quantitative estimate of drug-likeness (QED) is 0.553. The predicted octanol–water partition coefficient (Wildman–Crippen LogP) is 4.57. The van der Waals surface area contributed by atoms with Gasteiger partial charge in [-0.05, 0) is 23.6 Å². The second-order valence-electron chi connectivity index (χ2n) is 4.71. The molecule has 1 aliphatic rings. The van der Waals surface area contributed by atoms with Crippen molar-refractivity contribution in [3.05, 3.63) is 66.3 Å². The van der Waals surface area contributed by atoms with Gasteiger partial charge >= 0.3 is 21.7 Å². The Kier molecular flexibility index (Phi) is 8.17. The summed E-state index contributed by atoms with van der Waals surface area (Å²) >= 11 is 0. The van der Waals surface area contributed by atoms with Gasteiger partial charge in [0.2, 0.25) is 0 Å². The molecule has 0 aromatic heterocycles. The van der Waals surface area contributed by atoms with Gasteiger partial charge in [0.25, 0.3) is 0 Å². The van der Waals surface area contributed by atoms with Crippen molar-refractivity contribution >= 4 is 14.9 Å². The van der Waals surface area contributed by atoms with E-state index in [0.29, 0.717) is 0 Å². The topological polar surface area (TPSA) is 0 Å². The summed E-state index contributed by atoms with van der Waals surface area (Å²) in [6, 6.07) is 8.82. The van der Waals surface area contributed by atoms with Crippen molar-refractivity contribution in [3.8, 4) is 0 Å². The molecule has 0 radical (unpaired) electrons. The summed E-state index contributed by atoms with van der Waals surface area (Å²) in [4.78, 5) is 0. The molecule has 90 valence electrons. The smallest absolute Gasteiger partial charge is 0.0991 e. The average molecular weight is 290 g/mol. The fourth-order valence-electron chi connectivity index (χ4n) is 2.39. The molecule has 18 heavy (non-hydrogen) atoms. The first kappa shape index (κ1) is 17.4. The molecule has 1 aromatic carbocycles. The van der Waals surface area contributed by atoms with Crippen molar-refractivity contribution in [2.75, 3.05) is 0 Å². The largest absolute Gasteiger partial charge is 4.00 e. The van der Waals surface area contributed by atoms with Crippen molar-refractivity contribution in [1.82, 2.24) is 0 Å². The summed E-state index contributed by atoms with van der Waals surface area (Å²) in [6.45, 7) is 13.9. The Bertz CT molecular complexity index is 426. The van der Waals surface area contributed by atoms with Crippen LogP contribution in [0, 0.1) is 0 Å². The number of benzene rings is 1. The van der Waals surface area contributed by atoms with Crippen molar-refractivity contribution in [2.24, 2.45) is 0 Å². The van der Waals surface area contributed by atoms with E-state index in [2.05, 4.69) is 63.5 Å². The van der Waals surface area contributed by atoms with Gasteiger partial charge in [-0.25, -0.2) is 0 Å². The summed E-state index contributed by atoms with van der Waals surface area (Å²) in [6.07, 6.45) is 5.63. The van der Waals surface area contributed by atoms with Crippen molar-refractivity contribution < 1.29 is 21.7 Å². The molecular formula is C16H22SiTi+4. The molecular weight excluding hydrogens is 268 g/mol. The second-order valence-corrected chi connectivity index (χ2v) is 7.87. The molecule has 0 saturated heterocycles. The zero-order valence-corrected chi connectivity index (χ0v) is 14.3. The van der Waals surface area contributed by atoms with Crippen LogP contribution in [-0.4, -0.2) is 8.80 Å². The van der Waals surface area contributed by atoms with Gasteiger partial charge in [-0.3, -0.25) is 0 Å². The molecule has 0 spiro atoms. The first-order valence-corrected chi connectivity index (χ1v) is 9.10. The summed E-state index contributed by atoms with van der Waals surface area (Å²) in [5.74, 6) is 0. The van der Waals surface area contributed by atoms with Gasteiger partial charge in [0.15, 0.2) is 0 Å². The minimum Gasteiger partial charge on any atom is -0.0991 e. The minimum absolute atomic E-state index is 0. The standard InChI is InChI=1S/C12H16Si.C4H6.Ti/c1-9-8-10-6-4-5-7-11(10)12(9)13(2)3;1-3-4-2;/h4-8,12-13H,1-3H3;3-4H,1-2H2;/q;;+4. The van der Waals surface area contributed by atoms with E-state index in [1.165, 1.54) is 5.56 Å². The van der Waals surface area contributed by atoms with E-state index in [0.717, 1.165) is 5.54 Å². The maximum absolute atomic E-state index is 3.36. The number of allylic oxidation sites excluding steroid dienone is 3. The fraction of sp³-hybridized carbons (Fsp3) is 0.250. The molecule has 0 bridgehead atoms. The van der Waals surface area contributed by atoms with Gasteiger partial charge in [0.1, 0.15) is 0 Å². The molecule has 0 fully saturated rings. The third-order valence-electron chi connectivity index (χ3n) is 3.04. The van der Waals surface area contributed by atoms with Gasteiger partial charge in [-0.1, -0.05) is 74.3 Å². The van der Waals surface area contributed by atoms with Crippen LogP contribution in [0.5, 0.6) is 0 Å². The number of fused-ring (bicyclic) bond motifs is 1. The third-order valence-corrected chi connectivity index (χ3v) is 5.26. The summed E-state index contributed by atoms with van der Waals surface area (Å²) in [5, 5.41) is 0. The first-order valence-electron chi connectivity index (χ1n) is 6.12. The Labute approximate surface area is 128 Å². The van der Waals surface area contributed by atoms with Gasteiger partial charge in [-0.2, -0.15) is 0 Å². The first-order chi connectivity index (χ1) is 8.11. The van der Waals surface area contributed by atoms with Crippen molar-refractivity contribution in [2.45, 2.75) is 25.6 Å². The number of hydrogen-bond acceptors (Lipinski definition) is 0. The van der Waals surface area contributed by atoms with Gasteiger partial charge in [0.05, 0.1) is 0 Å². The average Bonchev–Trinajstić information content (AvgIpc) is 2.65. The van der Waals surface area contributed by atoms with E-state index in [-0.39, 0.29) is 21.7 Å². The van der Waals surface area contributed by atoms with E-state index >= 15 is 0 Å². The van der Waals surface area contributed by atoms with Crippen LogP contribution in [0.3, 0.4) is 0 Å². The van der Waals surface area contributed by atoms with Crippen LogP contribution in [-0.2, 0) is 21.7 Å². The fourth-order valence-corrected chi connectivity index (χ4v) is 4.56. The number of rotatable bonds is 2. The van der Waals surface area contributed by atoms with Gasteiger partial charge < -0.3 is 0 Å². The second kappa shape index (κ2) is 8.47.